The molecule has 1 heterocycles. The van der Waals surface area contributed by atoms with Crippen molar-refractivity contribution in [2.75, 3.05) is 7.05 Å². The van der Waals surface area contributed by atoms with Crippen molar-refractivity contribution in [2.45, 2.75) is 16.5 Å². The standard InChI is InChI=1S/C16H15ClN2S/c1-18-10-11-6-7-15(13(17)8-11)20-16-9-12-4-2-3-5-14(12)19-16/h2-9,18-19H,10H2,1H3. The normalized spacial score (nSPS) is 11.1. The van der Waals surface area contributed by atoms with Crippen LogP contribution in [0.2, 0.25) is 5.02 Å². The second-order valence-electron chi connectivity index (χ2n) is 4.62. The summed E-state index contributed by atoms with van der Waals surface area (Å²) in [5.74, 6) is 0. The average molecular weight is 303 g/mol. The van der Waals surface area contributed by atoms with Crippen molar-refractivity contribution in [3.05, 3.63) is 59.1 Å². The zero-order valence-corrected chi connectivity index (χ0v) is 12.7. The molecule has 0 aliphatic carbocycles. The van der Waals surface area contributed by atoms with Crippen molar-refractivity contribution >= 4 is 34.3 Å². The van der Waals surface area contributed by atoms with Gasteiger partial charge in [-0.1, -0.05) is 47.6 Å². The Bertz CT molecular complexity index is 703. The van der Waals surface area contributed by atoms with Crippen LogP contribution in [-0.4, -0.2) is 12.0 Å². The van der Waals surface area contributed by atoms with Gasteiger partial charge in [0, 0.05) is 22.3 Å². The molecule has 2 nitrogen and oxygen atoms in total. The van der Waals surface area contributed by atoms with Gasteiger partial charge in [0.2, 0.25) is 0 Å². The summed E-state index contributed by atoms with van der Waals surface area (Å²) in [6.45, 7) is 0.830. The molecule has 0 saturated carbocycles. The molecule has 0 aliphatic rings. The smallest absolute Gasteiger partial charge is 0.0781 e. The minimum Gasteiger partial charge on any atom is -0.349 e. The summed E-state index contributed by atoms with van der Waals surface area (Å²) < 4.78 is 0. The van der Waals surface area contributed by atoms with E-state index in [-0.39, 0.29) is 0 Å². The number of H-pyrrole nitrogens is 1. The second-order valence-corrected chi connectivity index (χ2v) is 6.11. The average Bonchev–Trinajstić information content (AvgIpc) is 2.84. The van der Waals surface area contributed by atoms with E-state index in [4.69, 9.17) is 11.6 Å². The molecule has 0 bridgehead atoms. The number of para-hydroxylation sites is 1. The molecule has 0 radical (unpaired) electrons. The first-order valence-electron chi connectivity index (χ1n) is 6.45. The van der Waals surface area contributed by atoms with Crippen molar-refractivity contribution in [1.82, 2.24) is 10.3 Å². The van der Waals surface area contributed by atoms with E-state index in [0.717, 1.165) is 27.0 Å². The van der Waals surface area contributed by atoms with Gasteiger partial charge in [-0.3, -0.25) is 0 Å². The van der Waals surface area contributed by atoms with Gasteiger partial charge < -0.3 is 10.3 Å². The first kappa shape index (κ1) is 13.6. The Balaban J connectivity index is 1.86. The van der Waals surface area contributed by atoms with Crippen LogP contribution in [0.25, 0.3) is 10.9 Å². The Hall–Kier alpha value is -1.42. The van der Waals surface area contributed by atoms with Crippen LogP contribution < -0.4 is 5.32 Å². The van der Waals surface area contributed by atoms with Crippen molar-refractivity contribution < 1.29 is 0 Å². The quantitative estimate of drug-likeness (QED) is 0.731. The molecule has 1 aromatic heterocycles. The first-order chi connectivity index (χ1) is 9.76. The lowest BCUT2D eigenvalue weighted by atomic mass is 10.2. The molecular formula is C16H15ClN2S. The van der Waals surface area contributed by atoms with Gasteiger partial charge in [0.1, 0.15) is 0 Å². The van der Waals surface area contributed by atoms with E-state index in [1.165, 1.54) is 10.9 Å². The van der Waals surface area contributed by atoms with E-state index in [1.807, 2.05) is 25.2 Å². The Morgan fingerprint density at radius 2 is 2.00 bits per heavy atom. The monoisotopic (exact) mass is 302 g/mol. The Labute approximate surface area is 127 Å². The summed E-state index contributed by atoms with van der Waals surface area (Å²) in [7, 11) is 1.93. The highest BCUT2D eigenvalue weighted by Gasteiger charge is 2.06. The summed E-state index contributed by atoms with van der Waals surface area (Å²) in [6.07, 6.45) is 0. The highest BCUT2D eigenvalue weighted by Crippen LogP contribution is 2.34. The highest BCUT2D eigenvalue weighted by molar-refractivity contribution is 7.99. The fourth-order valence-electron chi connectivity index (χ4n) is 2.16. The number of benzene rings is 2. The van der Waals surface area contributed by atoms with Crippen LogP contribution in [0, 0.1) is 0 Å². The van der Waals surface area contributed by atoms with Gasteiger partial charge >= 0.3 is 0 Å². The van der Waals surface area contributed by atoms with E-state index in [0.29, 0.717) is 0 Å². The fourth-order valence-corrected chi connectivity index (χ4v) is 3.36. The molecule has 3 rings (SSSR count). The zero-order valence-electron chi connectivity index (χ0n) is 11.1. The van der Waals surface area contributed by atoms with Crippen molar-refractivity contribution in [3.8, 4) is 0 Å². The van der Waals surface area contributed by atoms with Gasteiger partial charge in [-0.2, -0.15) is 0 Å². The molecule has 4 heteroatoms. The van der Waals surface area contributed by atoms with Gasteiger partial charge in [-0.15, -0.1) is 0 Å². The van der Waals surface area contributed by atoms with Gasteiger partial charge in [0.05, 0.1) is 10.0 Å². The number of rotatable bonds is 4. The van der Waals surface area contributed by atoms with Crippen LogP contribution in [0.3, 0.4) is 0 Å². The molecule has 0 spiro atoms. The SMILES string of the molecule is CNCc1ccc(Sc2cc3ccccc3[nH]2)c(Cl)c1. The number of hydrogen-bond donors (Lipinski definition) is 2. The molecule has 2 aromatic carbocycles. The van der Waals surface area contributed by atoms with Crippen LogP contribution in [0.5, 0.6) is 0 Å². The fraction of sp³-hybridized carbons (Fsp3) is 0.125. The summed E-state index contributed by atoms with van der Waals surface area (Å²) in [5, 5.41) is 6.25. The van der Waals surface area contributed by atoms with E-state index >= 15 is 0 Å². The summed E-state index contributed by atoms with van der Waals surface area (Å²) in [6, 6.07) is 16.6. The number of nitrogens with one attached hydrogen (secondary N) is 2. The molecule has 0 fully saturated rings. The molecule has 0 saturated heterocycles. The highest BCUT2D eigenvalue weighted by atomic mass is 35.5. The van der Waals surface area contributed by atoms with Crippen molar-refractivity contribution in [2.24, 2.45) is 0 Å². The lowest BCUT2D eigenvalue weighted by molar-refractivity contribution is 0.817. The van der Waals surface area contributed by atoms with Crippen molar-refractivity contribution in [1.29, 1.82) is 0 Å². The van der Waals surface area contributed by atoms with Gasteiger partial charge in [0.15, 0.2) is 0 Å². The largest absolute Gasteiger partial charge is 0.349 e. The summed E-state index contributed by atoms with van der Waals surface area (Å²) in [5.41, 5.74) is 2.34. The predicted molar refractivity (Wildman–Crippen MR) is 86.6 cm³/mol. The molecule has 3 aromatic rings. The number of aromatic amines is 1. The van der Waals surface area contributed by atoms with E-state index < -0.39 is 0 Å². The predicted octanol–water partition coefficient (Wildman–Crippen LogP) is 4.69. The summed E-state index contributed by atoms with van der Waals surface area (Å²) >= 11 is 8.01. The third-order valence-corrected chi connectivity index (χ3v) is 4.54. The van der Waals surface area contributed by atoms with Crippen molar-refractivity contribution in [3.63, 3.8) is 0 Å². The van der Waals surface area contributed by atoms with Crippen LogP contribution >= 0.6 is 23.4 Å². The zero-order chi connectivity index (χ0) is 13.9. The minimum atomic E-state index is 0.793. The molecule has 2 N–H and O–H groups in total. The Kier molecular flexibility index (Phi) is 4.01. The summed E-state index contributed by atoms with van der Waals surface area (Å²) in [4.78, 5) is 4.47. The Morgan fingerprint density at radius 3 is 2.75 bits per heavy atom. The maximum atomic E-state index is 6.35. The maximum Gasteiger partial charge on any atom is 0.0781 e. The number of halogens is 1. The van der Waals surface area contributed by atoms with E-state index in [2.05, 4.69) is 40.6 Å². The van der Waals surface area contributed by atoms with Crippen LogP contribution in [0.1, 0.15) is 5.56 Å². The third kappa shape index (κ3) is 2.85. The molecule has 20 heavy (non-hydrogen) atoms. The van der Waals surface area contributed by atoms with Gasteiger partial charge in [-0.05, 0) is 36.9 Å². The van der Waals surface area contributed by atoms with E-state index in [1.54, 1.807) is 11.8 Å². The van der Waals surface area contributed by atoms with Gasteiger partial charge in [0.25, 0.3) is 0 Å². The number of fused-ring (bicyclic) bond motifs is 1. The lowest BCUT2D eigenvalue weighted by Crippen LogP contribution is -2.04. The second kappa shape index (κ2) is 5.92. The third-order valence-electron chi connectivity index (χ3n) is 3.10. The maximum absolute atomic E-state index is 6.35. The topological polar surface area (TPSA) is 27.8 Å². The molecule has 0 atom stereocenters. The molecular weight excluding hydrogens is 288 g/mol. The number of hydrogen-bond acceptors (Lipinski definition) is 2. The van der Waals surface area contributed by atoms with Crippen LogP contribution in [-0.2, 0) is 6.54 Å². The first-order valence-corrected chi connectivity index (χ1v) is 7.64. The minimum absolute atomic E-state index is 0.793. The van der Waals surface area contributed by atoms with E-state index in [9.17, 15) is 0 Å². The molecule has 102 valence electrons. The molecule has 0 aliphatic heterocycles. The number of aromatic nitrogens is 1. The Morgan fingerprint density at radius 1 is 1.15 bits per heavy atom. The van der Waals surface area contributed by atoms with Crippen LogP contribution in [0.4, 0.5) is 0 Å². The van der Waals surface area contributed by atoms with Gasteiger partial charge in [-0.25, -0.2) is 0 Å². The molecule has 0 unspecified atom stereocenters. The van der Waals surface area contributed by atoms with Crippen LogP contribution in [0.15, 0.2) is 58.5 Å². The lowest BCUT2D eigenvalue weighted by Gasteiger charge is -2.05. The molecule has 0 amide bonds.